The fraction of sp³-hybridized carbons (Fsp3) is 0.600. The van der Waals surface area contributed by atoms with Gasteiger partial charge in [-0.25, -0.2) is 4.98 Å². The van der Waals surface area contributed by atoms with Crippen molar-refractivity contribution in [1.82, 2.24) is 4.98 Å². The van der Waals surface area contributed by atoms with Gasteiger partial charge in [0.25, 0.3) is 0 Å². The standard InChI is InChI=1S/C10H15NOS/c1-4-9(12)7(2)5-10-11-8(3)6-13-10/h6-7H,4-5H2,1-3H3. The van der Waals surface area contributed by atoms with Crippen molar-refractivity contribution < 1.29 is 4.79 Å². The fourth-order valence-corrected chi connectivity index (χ4v) is 2.12. The number of aromatic nitrogens is 1. The Bertz CT molecular complexity index is 293. The Morgan fingerprint density at radius 1 is 1.69 bits per heavy atom. The molecule has 0 bridgehead atoms. The van der Waals surface area contributed by atoms with Crippen LogP contribution in [0.4, 0.5) is 0 Å². The maximum atomic E-state index is 11.3. The minimum Gasteiger partial charge on any atom is -0.299 e. The van der Waals surface area contributed by atoms with E-state index < -0.39 is 0 Å². The van der Waals surface area contributed by atoms with Gasteiger partial charge in [0.05, 0.1) is 5.01 Å². The normalized spacial score (nSPS) is 12.8. The summed E-state index contributed by atoms with van der Waals surface area (Å²) in [6.45, 7) is 5.86. The minimum absolute atomic E-state index is 0.121. The van der Waals surface area contributed by atoms with E-state index in [9.17, 15) is 4.79 Å². The molecule has 0 radical (unpaired) electrons. The molecular weight excluding hydrogens is 182 g/mol. The van der Waals surface area contributed by atoms with Crippen LogP contribution in [0.15, 0.2) is 5.38 Å². The highest BCUT2D eigenvalue weighted by Gasteiger charge is 2.12. The van der Waals surface area contributed by atoms with Crippen LogP contribution in [0.5, 0.6) is 0 Å². The average Bonchev–Trinajstić information content (AvgIpc) is 2.49. The Hall–Kier alpha value is -0.700. The molecule has 0 saturated heterocycles. The summed E-state index contributed by atoms with van der Waals surface area (Å²) in [4.78, 5) is 15.6. The van der Waals surface area contributed by atoms with Crippen molar-refractivity contribution in [1.29, 1.82) is 0 Å². The van der Waals surface area contributed by atoms with E-state index in [0.717, 1.165) is 17.1 Å². The predicted molar refractivity (Wildman–Crippen MR) is 55.0 cm³/mol. The van der Waals surface area contributed by atoms with Gasteiger partial charge in [0.1, 0.15) is 5.78 Å². The zero-order chi connectivity index (χ0) is 9.84. The number of hydrogen-bond donors (Lipinski definition) is 0. The average molecular weight is 197 g/mol. The van der Waals surface area contributed by atoms with Crippen LogP contribution in [0.3, 0.4) is 0 Å². The summed E-state index contributed by atoms with van der Waals surface area (Å²) < 4.78 is 0. The lowest BCUT2D eigenvalue weighted by Gasteiger charge is -2.05. The number of rotatable bonds is 4. The molecule has 1 atom stereocenters. The van der Waals surface area contributed by atoms with E-state index in [-0.39, 0.29) is 5.92 Å². The SMILES string of the molecule is CCC(=O)C(C)Cc1nc(C)cs1. The first-order valence-corrected chi connectivity index (χ1v) is 5.45. The molecule has 1 aromatic rings. The monoisotopic (exact) mass is 197 g/mol. The van der Waals surface area contributed by atoms with Crippen molar-refractivity contribution in [2.75, 3.05) is 0 Å². The molecule has 0 aliphatic carbocycles. The Morgan fingerprint density at radius 3 is 2.85 bits per heavy atom. The van der Waals surface area contributed by atoms with E-state index in [1.165, 1.54) is 0 Å². The van der Waals surface area contributed by atoms with Gasteiger partial charge in [0, 0.05) is 29.8 Å². The summed E-state index contributed by atoms with van der Waals surface area (Å²) in [5.41, 5.74) is 1.05. The molecule has 72 valence electrons. The molecule has 0 amide bonds. The van der Waals surface area contributed by atoms with Crippen LogP contribution < -0.4 is 0 Å². The lowest BCUT2D eigenvalue weighted by Crippen LogP contribution is -2.12. The second-order valence-electron chi connectivity index (χ2n) is 3.31. The lowest BCUT2D eigenvalue weighted by molar-refractivity contribution is -0.122. The third kappa shape index (κ3) is 2.92. The molecule has 1 unspecified atom stereocenters. The zero-order valence-electron chi connectivity index (χ0n) is 8.33. The van der Waals surface area contributed by atoms with Crippen LogP contribution in [-0.2, 0) is 11.2 Å². The number of Topliss-reactive ketones (excluding diaryl/α,β-unsaturated/α-hetero) is 1. The molecule has 0 N–H and O–H groups in total. The second kappa shape index (κ2) is 4.51. The summed E-state index contributed by atoms with van der Waals surface area (Å²) in [5, 5.41) is 3.10. The molecule has 0 fully saturated rings. The van der Waals surface area contributed by atoms with Crippen molar-refractivity contribution in [3.63, 3.8) is 0 Å². The van der Waals surface area contributed by atoms with E-state index in [4.69, 9.17) is 0 Å². The molecule has 1 heterocycles. The third-order valence-electron chi connectivity index (χ3n) is 2.05. The predicted octanol–water partition coefficient (Wildman–Crippen LogP) is 2.61. The molecule has 1 rings (SSSR count). The van der Waals surface area contributed by atoms with Gasteiger partial charge in [-0.2, -0.15) is 0 Å². The highest BCUT2D eigenvalue weighted by Crippen LogP contribution is 2.15. The molecule has 2 nitrogen and oxygen atoms in total. The molecule has 0 aliphatic rings. The smallest absolute Gasteiger partial charge is 0.135 e. The highest BCUT2D eigenvalue weighted by atomic mass is 32.1. The van der Waals surface area contributed by atoms with E-state index in [2.05, 4.69) is 4.98 Å². The second-order valence-corrected chi connectivity index (χ2v) is 4.25. The number of hydrogen-bond acceptors (Lipinski definition) is 3. The van der Waals surface area contributed by atoms with Gasteiger partial charge in [0.2, 0.25) is 0 Å². The summed E-state index contributed by atoms with van der Waals surface area (Å²) in [5.74, 6) is 0.448. The quantitative estimate of drug-likeness (QED) is 0.742. The number of aryl methyl sites for hydroxylation is 1. The van der Waals surface area contributed by atoms with Crippen molar-refractivity contribution in [3.05, 3.63) is 16.1 Å². The van der Waals surface area contributed by atoms with Gasteiger partial charge < -0.3 is 0 Å². The van der Waals surface area contributed by atoms with Gasteiger partial charge in [-0.05, 0) is 6.92 Å². The van der Waals surface area contributed by atoms with Gasteiger partial charge in [-0.15, -0.1) is 11.3 Å². The lowest BCUT2D eigenvalue weighted by atomic mass is 10.0. The Kier molecular flexibility index (Phi) is 3.60. The first-order valence-electron chi connectivity index (χ1n) is 4.57. The van der Waals surface area contributed by atoms with E-state index >= 15 is 0 Å². The van der Waals surface area contributed by atoms with Gasteiger partial charge in [0.15, 0.2) is 0 Å². The first kappa shape index (κ1) is 10.4. The van der Waals surface area contributed by atoms with Gasteiger partial charge in [-0.3, -0.25) is 4.79 Å². The van der Waals surface area contributed by atoms with Gasteiger partial charge in [-0.1, -0.05) is 13.8 Å². The highest BCUT2D eigenvalue weighted by molar-refractivity contribution is 7.09. The zero-order valence-corrected chi connectivity index (χ0v) is 9.15. The summed E-state index contributed by atoms with van der Waals surface area (Å²) >= 11 is 1.64. The number of nitrogens with zero attached hydrogens (tertiary/aromatic N) is 1. The topological polar surface area (TPSA) is 30.0 Å². The van der Waals surface area contributed by atoms with Crippen LogP contribution in [0.2, 0.25) is 0 Å². The van der Waals surface area contributed by atoms with Crippen LogP contribution >= 0.6 is 11.3 Å². The minimum atomic E-state index is 0.121. The van der Waals surface area contributed by atoms with E-state index in [1.54, 1.807) is 11.3 Å². The van der Waals surface area contributed by atoms with Crippen LogP contribution in [0.25, 0.3) is 0 Å². The van der Waals surface area contributed by atoms with Crippen molar-refractivity contribution in [3.8, 4) is 0 Å². The number of thiazole rings is 1. The fourth-order valence-electron chi connectivity index (χ4n) is 1.22. The molecule has 3 heteroatoms. The van der Waals surface area contributed by atoms with E-state index in [1.807, 2.05) is 26.2 Å². The molecule has 1 aromatic heterocycles. The molecular formula is C10H15NOS. The molecule has 0 spiro atoms. The van der Waals surface area contributed by atoms with Crippen molar-refractivity contribution >= 4 is 17.1 Å². The van der Waals surface area contributed by atoms with Crippen LogP contribution in [-0.4, -0.2) is 10.8 Å². The largest absolute Gasteiger partial charge is 0.299 e. The summed E-state index contributed by atoms with van der Waals surface area (Å²) in [7, 11) is 0. The third-order valence-corrected chi connectivity index (χ3v) is 3.03. The Morgan fingerprint density at radius 2 is 2.38 bits per heavy atom. The number of carbonyl (C=O) groups excluding carboxylic acids is 1. The number of carbonyl (C=O) groups is 1. The molecule has 0 saturated carbocycles. The maximum absolute atomic E-state index is 11.3. The molecule has 13 heavy (non-hydrogen) atoms. The summed E-state index contributed by atoms with van der Waals surface area (Å²) in [6, 6.07) is 0. The Labute approximate surface area is 83.0 Å². The van der Waals surface area contributed by atoms with Crippen LogP contribution in [0.1, 0.15) is 31.0 Å². The van der Waals surface area contributed by atoms with E-state index in [0.29, 0.717) is 12.2 Å². The van der Waals surface area contributed by atoms with Gasteiger partial charge >= 0.3 is 0 Å². The van der Waals surface area contributed by atoms with Crippen molar-refractivity contribution in [2.24, 2.45) is 5.92 Å². The summed E-state index contributed by atoms with van der Waals surface area (Å²) in [6.07, 6.45) is 1.43. The first-order chi connectivity index (χ1) is 6.13. The maximum Gasteiger partial charge on any atom is 0.135 e. The molecule has 0 aromatic carbocycles. The number of ketones is 1. The molecule has 0 aliphatic heterocycles. The Balaban J connectivity index is 2.54. The van der Waals surface area contributed by atoms with Crippen molar-refractivity contribution in [2.45, 2.75) is 33.6 Å². The van der Waals surface area contributed by atoms with Crippen LogP contribution in [0, 0.1) is 12.8 Å².